The average molecular weight is 493 g/mol. The maximum absolute atomic E-state index is 15.5. The van der Waals surface area contributed by atoms with Crippen LogP contribution < -0.4 is 10.6 Å². The van der Waals surface area contributed by atoms with Crippen molar-refractivity contribution in [3.8, 4) is 0 Å². The minimum atomic E-state index is -0.803. The number of aromatic amines is 1. The Morgan fingerprint density at radius 2 is 1.81 bits per heavy atom. The smallest absolute Gasteiger partial charge is 0.253 e. The van der Waals surface area contributed by atoms with Crippen LogP contribution in [0.25, 0.3) is 0 Å². The van der Waals surface area contributed by atoms with Crippen molar-refractivity contribution in [2.45, 2.75) is 39.3 Å². The van der Waals surface area contributed by atoms with Crippen molar-refractivity contribution in [2.24, 2.45) is 5.73 Å². The minimum absolute atomic E-state index is 0.000175. The van der Waals surface area contributed by atoms with Crippen LogP contribution in [0, 0.1) is 5.82 Å². The summed E-state index contributed by atoms with van der Waals surface area (Å²) in [4.78, 5) is 38.1. The number of carbonyl (C=O) groups excluding carboxylic acids is 2. The number of nitrogens with one attached hydrogen (secondary N) is 1. The highest BCUT2D eigenvalue weighted by atomic mass is 19.1. The summed E-state index contributed by atoms with van der Waals surface area (Å²) >= 11 is 0. The summed E-state index contributed by atoms with van der Waals surface area (Å²) in [6.07, 6.45) is 5.14. The van der Waals surface area contributed by atoms with E-state index >= 15 is 4.39 Å². The van der Waals surface area contributed by atoms with E-state index in [2.05, 4.69) is 14.9 Å². The fourth-order valence-corrected chi connectivity index (χ4v) is 4.83. The molecule has 0 unspecified atom stereocenters. The van der Waals surface area contributed by atoms with E-state index in [0.717, 1.165) is 44.0 Å². The highest BCUT2D eigenvalue weighted by Gasteiger charge is 2.29. The molecule has 1 saturated heterocycles. The first-order chi connectivity index (χ1) is 17.4. The maximum atomic E-state index is 15.5. The largest absolute Gasteiger partial charge is 0.366 e. The van der Waals surface area contributed by atoms with Gasteiger partial charge in [0, 0.05) is 55.9 Å². The molecule has 2 amide bonds. The van der Waals surface area contributed by atoms with Gasteiger partial charge in [0.25, 0.3) is 11.8 Å². The number of amides is 2. The van der Waals surface area contributed by atoms with E-state index in [1.165, 1.54) is 6.07 Å². The Morgan fingerprint density at radius 1 is 1.11 bits per heavy atom. The topological polar surface area (TPSA) is 98.6 Å². The van der Waals surface area contributed by atoms with Crippen molar-refractivity contribution >= 4 is 23.2 Å². The number of nitrogens with two attached hydrogens (primary N) is 1. The lowest BCUT2D eigenvalue weighted by molar-refractivity contribution is 0.0772. The Hall–Kier alpha value is -3.72. The third-order valence-electron chi connectivity index (χ3n) is 6.80. The Morgan fingerprint density at radius 3 is 2.39 bits per heavy atom. The van der Waals surface area contributed by atoms with Crippen molar-refractivity contribution in [2.75, 3.05) is 31.1 Å². The van der Waals surface area contributed by atoms with E-state index in [0.29, 0.717) is 24.3 Å². The van der Waals surface area contributed by atoms with E-state index in [1.807, 2.05) is 37.1 Å². The van der Waals surface area contributed by atoms with Gasteiger partial charge in [-0.05, 0) is 63.1 Å². The van der Waals surface area contributed by atoms with Crippen LogP contribution >= 0.6 is 0 Å². The molecule has 0 bridgehead atoms. The van der Waals surface area contributed by atoms with Gasteiger partial charge in [0.05, 0.1) is 17.8 Å². The number of halogens is 1. The predicted octanol–water partition coefficient (Wildman–Crippen LogP) is 3.93. The second-order valence-corrected chi connectivity index (χ2v) is 8.94. The van der Waals surface area contributed by atoms with Crippen LogP contribution in [0.5, 0.6) is 0 Å². The molecule has 1 aromatic heterocycles. The molecular formula is C27H33FN6O2. The lowest BCUT2D eigenvalue weighted by Gasteiger charge is -2.40. The molecule has 0 aliphatic carbocycles. The number of hydrogen-bond donors (Lipinski definition) is 2. The molecule has 36 heavy (non-hydrogen) atoms. The Labute approximate surface area is 210 Å². The van der Waals surface area contributed by atoms with Crippen LogP contribution in [-0.4, -0.2) is 63.8 Å². The lowest BCUT2D eigenvalue weighted by Crippen LogP contribution is -2.43. The normalized spacial score (nSPS) is 14.5. The molecule has 1 aliphatic heterocycles. The predicted molar refractivity (Wildman–Crippen MR) is 138 cm³/mol. The third-order valence-corrected chi connectivity index (χ3v) is 6.80. The monoisotopic (exact) mass is 492 g/mol. The summed E-state index contributed by atoms with van der Waals surface area (Å²) in [7, 11) is 0. The number of imidazole rings is 1. The van der Waals surface area contributed by atoms with Gasteiger partial charge in [0.2, 0.25) is 0 Å². The molecule has 9 heteroatoms. The fourth-order valence-electron chi connectivity index (χ4n) is 4.83. The van der Waals surface area contributed by atoms with Gasteiger partial charge < -0.3 is 20.5 Å². The van der Waals surface area contributed by atoms with Crippen molar-refractivity contribution in [1.82, 2.24) is 19.8 Å². The van der Waals surface area contributed by atoms with Crippen LogP contribution in [0.4, 0.5) is 15.8 Å². The quantitative estimate of drug-likeness (QED) is 0.472. The summed E-state index contributed by atoms with van der Waals surface area (Å²) in [6, 6.07) is 12.0. The molecule has 8 nitrogen and oxygen atoms in total. The fraction of sp³-hybridized carbons (Fsp3) is 0.370. The van der Waals surface area contributed by atoms with Gasteiger partial charge in [-0.15, -0.1) is 0 Å². The lowest BCUT2D eigenvalue weighted by atomic mass is 9.99. The summed E-state index contributed by atoms with van der Waals surface area (Å²) in [5.41, 5.74) is 6.95. The molecule has 190 valence electrons. The number of anilines is 2. The van der Waals surface area contributed by atoms with Crippen molar-refractivity contribution < 1.29 is 14.0 Å². The van der Waals surface area contributed by atoms with Crippen molar-refractivity contribution in [3.63, 3.8) is 0 Å². The summed E-state index contributed by atoms with van der Waals surface area (Å²) in [6.45, 7) is 7.52. The van der Waals surface area contributed by atoms with E-state index < -0.39 is 11.7 Å². The molecule has 3 N–H and O–H groups in total. The average Bonchev–Trinajstić information content (AvgIpc) is 3.40. The first-order valence-corrected chi connectivity index (χ1v) is 12.4. The van der Waals surface area contributed by atoms with Gasteiger partial charge in [-0.1, -0.05) is 6.07 Å². The number of hydrogen-bond acceptors (Lipinski definition) is 5. The molecule has 3 aromatic rings. The first-order valence-electron chi connectivity index (χ1n) is 12.4. The highest BCUT2D eigenvalue weighted by Crippen LogP contribution is 2.35. The summed E-state index contributed by atoms with van der Waals surface area (Å²) in [5.74, 6) is -0.556. The Balaban J connectivity index is 1.63. The zero-order chi connectivity index (χ0) is 25.7. The molecular weight excluding hydrogens is 459 g/mol. The molecule has 0 radical (unpaired) electrons. The van der Waals surface area contributed by atoms with E-state index in [4.69, 9.17) is 5.73 Å². The van der Waals surface area contributed by atoms with E-state index in [9.17, 15) is 9.59 Å². The van der Waals surface area contributed by atoms with Crippen LogP contribution in [0.1, 0.15) is 53.2 Å². The zero-order valence-corrected chi connectivity index (χ0v) is 20.8. The van der Waals surface area contributed by atoms with Gasteiger partial charge in [-0.2, -0.15) is 0 Å². The second kappa shape index (κ2) is 11.3. The van der Waals surface area contributed by atoms with Gasteiger partial charge in [-0.3, -0.25) is 14.5 Å². The maximum Gasteiger partial charge on any atom is 0.253 e. The highest BCUT2D eigenvalue weighted by molar-refractivity contribution is 5.95. The molecule has 0 saturated carbocycles. The summed E-state index contributed by atoms with van der Waals surface area (Å²) in [5, 5.41) is 0. The molecule has 1 fully saturated rings. The molecule has 1 aliphatic rings. The van der Waals surface area contributed by atoms with Crippen LogP contribution in [0.3, 0.4) is 0 Å². The molecule has 0 atom stereocenters. The van der Waals surface area contributed by atoms with Gasteiger partial charge in [-0.25, -0.2) is 9.37 Å². The number of rotatable bonds is 9. The number of benzene rings is 2. The van der Waals surface area contributed by atoms with Crippen LogP contribution in [0.2, 0.25) is 0 Å². The number of piperidine rings is 1. The molecule has 0 spiro atoms. The number of carbonyl (C=O) groups is 2. The van der Waals surface area contributed by atoms with Gasteiger partial charge in [0.1, 0.15) is 5.82 Å². The van der Waals surface area contributed by atoms with Crippen LogP contribution in [0.15, 0.2) is 54.9 Å². The number of primary amides is 1. The SMILES string of the molecule is CCN(CC)C(=O)c1ccc(N(c2cccc(C(N)=O)c2F)C2CCN(Cc3ncc[nH]3)CC2)cc1. The number of H-pyrrole nitrogens is 1. The standard InChI is InChI=1S/C27H33FN6O2/c1-3-33(4-2)27(36)19-8-10-20(11-9-19)34(23-7-5-6-22(25(23)28)26(29)35)21-12-16-32(17-13-21)18-24-30-14-15-31-24/h5-11,14-15,21H,3-4,12-13,16-18H2,1-2H3,(H2,29,35)(H,30,31). The van der Waals surface area contributed by atoms with Crippen molar-refractivity contribution in [3.05, 3.63) is 77.6 Å². The summed E-state index contributed by atoms with van der Waals surface area (Å²) < 4.78 is 15.5. The third kappa shape index (κ3) is 5.41. The Kier molecular flexibility index (Phi) is 8.00. The van der Waals surface area contributed by atoms with E-state index in [1.54, 1.807) is 35.4 Å². The number of likely N-dealkylation sites (tertiary alicyclic amines) is 1. The molecule has 2 aromatic carbocycles. The van der Waals surface area contributed by atoms with Crippen molar-refractivity contribution in [1.29, 1.82) is 0 Å². The van der Waals surface area contributed by atoms with E-state index in [-0.39, 0.29) is 17.5 Å². The zero-order valence-electron chi connectivity index (χ0n) is 20.8. The van der Waals surface area contributed by atoms with Gasteiger partial charge in [0.15, 0.2) is 5.82 Å². The second-order valence-electron chi connectivity index (χ2n) is 8.94. The molecule has 2 heterocycles. The van der Waals surface area contributed by atoms with Crippen LogP contribution in [-0.2, 0) is 6.54 Å². The minimum Gasteiger partial charge on any atom is -0.366 e. The number of nitrogens with zero attached hydrogens (tertiary/aromatic N) is 4. The number of aromatic nitrogens is 2. The Bertz CT molecular complexity index is 1170. The molecule has 4 rings (SSSR count). The van der Waals surface area contributed by atoms with Gasteiger partial charge >= 0.3 is 0 Å². The first kappa shape index (κ1) is 25.4.